The van der Waals surface area contributed by atoms with Gasteiger partial charge in [0.2, 0.25) is 12.4 Å². The molecule has 2 aromatic heterocycles. The number of hydrogen-bond acceptors (Lipinski definition) is 7. The minimum absolute atomic E-state index is 0.00203. The molecular formula is C22H27FN6O2. The van der Waals surface area contributed by atoms with E-state index in [0.29, 0.717) is 30.0 Å². The first-order chi connectivity index (χ1) is 14.9. The van der Waals surface area contributed by atoms with Crippen LogP contribution in [0.3, 0.4) is 0 Å². The number of fused-ring (bicyclic) bond motifs is 1. The fourth-order valence-electron chi connectivity index (χ4n) is 5.65. The van der Waals surface area contributed by atoms with E-state index in [0.717, 1.165) is 31.5 Å². The maximum Gasteiger partial charge on any atom is 0.229 e. The van der Waals surface area contributed by atoms with Crippen LogP contribution in [0, 0.1) is 23.1 Å². The summed E-state index contributed by atoms with van der Waals surface area (Å²) in [4.78, 5) is 26.0. The van der Waals surface area contributed by atoms with Crippen LogP contribution in [0.4, 0.5) is 21.8 Å². The average Bonchev–Trinajstić information content (AvgIpc) is 3.62. The summed E-state index contributed by atoms with van der Waals surface area (Å²) in [7, 11) is 0. The van der Waals surface area contributed by atoms with Crippen molar-refractivity contribution in [2.24, 2.45) is 17.3 Å². The molecule has 8 nitrogen and oxygen atoms in total. The Labute approximate surface area is 180 Å². The number of aromatic nitrogens is 3. The molecule has 0 bridgehead atoms. The lowest BCUT2D eigenvalue weighted by atomic mass is 9.90. The van der Waals surface area contributed by atoms with Crippen molar-refractivity contribution >= 4 is 23.9 Å². The molecule has 5 rings (SSSR count). The second kappa shape index (κ2) is 7.12. The van der Waals surface area contributed by atoms with Gasteiger partial charge in [0, 0.05) is 35.7 Å². The van der Waals surface area contributed by atoms with Gasteiger partial charge in [0.25, 0.3) is 0 Å². The molecule has 31 heavy (non-hydrogen) atoms. The van der Waals surface area contributed by atoms with Crippen molar-refractivity contribution in [2.75, 3.05) is 29.9 Å². The highest BCUT2D eigenvalue weighted by molar-refractivity contribution is 5.57. The number of piperidine rings is 1. The Balaban J connectivity index is 1.34. The summed E-state index contributed by atoms with van der Waals surface area (Å²) in [5, 5.41) is 15.4. The highest BCUT2D eigenvalue weighted by atomic mass is 19.1. The van der Waals surface area contributed by atoms with E-state index in [1.165, 1.54) is 6.20 Å². The van der Waals surface area contributed by atoms with Crippen LogP contribution >= 0.6 is 0 Å². The minimum atomic E-state index is -0.451. The van der Waals surface area contributed by atoms with Crippen molar-refractivity contribution in [1.82, 2.24) is 20.3 Å². The van der Waals surface area contributed by atoms with Crippen LogP contribution in [0.25, 0.3) is 0 Å². The third kappa shape index (κ3) is 3.05. The van der Waals surface area contributed by atoms with E-state index in [9.17, 15) is 14.3 Å². The topological polar surface area (TPSA) is 103 Å². The van der Waals surface area contributed by atoms with Crippen LogP contribution in [-0.4, -0.2) is 51.7 Å². The monoisotopic (exact) mass is 426 g/mol. The van der Waals surface area contributed by atoms with Crippen molar-refractivity contribution in [3.05, 3.63) is 36.0 Å². The van der Waals surface area contributed by atoms with E-state index in [-0.39, 0.29) is 29.3 Å². The Hall–Kier alpha value is -2.81. The predicted octanol–water partition coefficient (Wildman–Crippen LogP) is 2.20. The van der Waals surface area contributed by atoms with Crippen LogP contribution in [-0.2, 0) is 4.79 Å². The summed E-state index contributed by atoms with van der Waals surface area (Å²) in [5.41, 5.74) is 1.34. The first-order valence-corrected chi connectivity index (χ1v) is 10.8. The molecule has 9 heteroatoms. The summed E-state index contributed by atoms with van der Waals surface area (Å²) in [6.07, 6.45) is 5.61. The summed E-state index contributed by atoms with van der Waals surface area (Å²) >= 11 is 0. The number of amides is 1. The smallest absolute Gasteiger partial charge is 0.229 e. The number of carbonyl (C=O) groups excluding carboxylic acids is 1. The minimum Gasteiger partial charge on any atom is -0.396 e. The molecule has 2 aromatic rings. The van der Waals surface area contributed by atoms with Gasteiger partial charge in [-0.1, -0.05) is 13.8 Å². The van der Waals surface area contributed by atoms with Gasteiger partial charge in [-0.3, -0.25) is 9.78 Å². The molecule has 2 saturated carbocycles. The Morgan fingerprint density at radius 3 is 2.81 bits per heavy atom. The molecule has 3 fully saturated rings. The van der Waals surface area contributed by atoms with Gasteiger partial charge in [0.1, 0.15) is 0 Å². The Morgan fingerprint density at radius 1 is 1.35 bits per heavy atom. The fraction of sp³-hybridized carbons (Fsp3) is 0.545. The standard InChI is InChI=1S/C22H27FN6O2/c1-13(10-30)18-4-3-15(7-24-18)27-20-25-8-17(23)19(28-20)29-9-16-14(2)22(16,11-29)21(5-6-21)26-12-31/h3-4,7-8,12-14,16,30H,5-6,9-11H2,1-2H3,(H,26,31)(H,25,27,28)/t13-,14-,16-,22+/m1/s1. The lowest BCUT2D eigenvalue weighted by Gasteiger charge is -2.30. The zero-order chi connectivity index (χ0) is 21.8. The Kier molecular flexibility index (Phi) is 4.62. The van der Waals surface area contributed by atoms with E-state index in [1.54, 1.807) is 6.20 Å². The van der Waals surface area contributed by atoms with Gasteiger partial charge in [0.15, 0.2) is 11.6 Å². The zero-order valence-corrected chi connectivity index (χ0v) is 17.7. The molecule has 0 spiro atoms. The second-order valence-corrected chi connectivity index (χ2v) is 9.21. The molecule has 164 valence electrons. The molecule has 2 aliphatic carbocycles. The molecule has 1 aliphatic heterocycles. The lowest BCUT2D eigenvalue weighted by Crippen LogP contribution is -2.44. The van der Waals surface area contributed by atoms with E-state index < -0.39 is 5.82 Å². The zero-order valence-electron chi connectivity index (χ0n) is 17.7. The van der Waals surface area contributed by atoms with Gasteiger partial charge in [-0.25, -0.2) is 9.37 Å². The highest BCUT2D eigenvalue weighted by Crippen LogP contribution is 2.74. The van der Waals surface area contributed by atoms with Crippen molar-refractivity contribution in [3.63, 3.8) is 0 Å². The lowest BCUT2D eigenvalue weighted by molar-refractivity contribution is -0.110. The molecule has 4 atom stereocenters. The van der Waals surface area contributed by atoms with Crippen molar-refractivity contribution in [2.45, 2.75) is 38.1 Å². The Morgan fingerprint density at radius 2 is 2.16 bits per heavy atom. The van der Waals surface area contributed by atoms with Gasteiger partial charge in [-0.15, -0.1) is 0 Å². The fourth-order valence-corrected chi connectivity index (χ4v) is 5.65. The quantitative estimate of drug-likeness (QED) is 0.556. The number of nitrogens with one attached hydrogen (secondary N) is 2. The van der Waals surface area contributed by atoms with E-state index in [1.807, 2.05) is 24.0 Å². The second-order valence-electron chi connectivity index (χ2n) is 9.21. The first kappa shape index (κ1) is 20.1. The van der Waals surface area contributed by atoms with Gasteiger partial charge in [0.05, 0.1) is 24.7 Å². The summed E-state index contributed by atoms with van der Waals surface area (Å²) in [6, 6.07) is 3.67. The molecule has 0 unspecified atom stereocenters. The van der Waals surface area contributed by atoms with E-state index >= 15 is 0 Å². The number of aliphatic hydroxyl groups is 1. The van der Waals surface area contributed by atoms with E-state index in [2.05, 4.69) is 32.5 Å². The number of nitrogens with zero attached hydrogens (tertiary/aromatic N) is 4. The molecule has 1 amide bonds. The van der Waals surface area contributed by atoms with Crippen LogP contribution in [0.5, 0.6) is 0 Å². The van der Waals surface area contributed by atoms with Gasteiger partial charge in [-0.05, 0) is 36.8 Å². The van der Waals surface area contributed by atoms with Crippen molar-refractivity contribution < 1.29 is 14.3 Å². The van der Waals surface area contributed by atoms with Crippen LogP contribution in [0.1, 0.15) is 38.3 Å². The molecule has 3 N–H and O–H groups in total. The Bertz CT molecular complexity index is 998. The molecule has 0 radical (unpaired) electrons. The number of rotatable bonds is 8. The molecule has 3 aliphatic rings. The summed E-state index contributed by atoms with van der Waals surface area (Å²) in [6.45, 7) is 5.57. The first-order valence-electron chi connectivity index (χ1n) is 10.8. The molecule has 0 aromatic carbocycles. The number of hydrogen-bond donors (Lipinski definition) is 3. The summed E-state index contributed by atoms with van der Waals surface area (Å²) < 4.78 is 14.7. The maximum atomic E-state index is 14.7. The average molecular weight is 426 g/mol. The van der Waals surface area contributed by atoms with Crippen LogP contribution in [0.15, 0.2) is 24.5 Å². The van der Waals surface area contributed by atoms with Crippen LogP contribution in [0.2, 0.25) is 0 Å². The SMILES string of the molecule is C[C@H](CO)c1ccc(Nc2ncc(F)c(N3C[C@@H]4[C@@H](C)[C@@]4(C4(NC=O)CC4)C3)n2)cn1. The molecule has 3 heterocycles. The molecular weight excluding hydrogens is 399 g/mol. The van der Waals surface area contributed by atoms with Crippen molar-refractivity contribution in [1.29, 1.82) is 0 Å². The third-order valence-corrected chi connectivity index (χ3v) is 7.66. The number of aliphatic hydroxyl groups excluding tert-OH is 1. The summed E-state index contributed by atoms with van der Waals surface area (Å²) in [5.74, 6) is 1.04. The van der Waals surface area contributed by atoms with Crippen LogP contribution < -0.4 is 15.5 Å². The van der Waals surface area contributed by atoms with Gasteiger partial charge < -0.3 is 20.6 Å². The van der Waals surface area contributed by atoms with E-state index in [4.69, 9.17) is 0 Å². The number of pyridine rings is 1. The van der Waals surface area contributed by atoms with Gasteiger partial charge >= 0.3 is 0 Å². The predicted molar refractivity (Wildman–Crippen MR) is 113 cm³/mol. The molecule has 1 saturated heterocycles. The number of anilines is 3. The maximum absolute atomic E-state index is 14.7. The normalized spacial score (nSPS) is 28.6. The number of halogens is 1. The van der Waals surface area contributed by atoms with Crippen molar-refractivity contribution in [3.8, 4) is 0 Å². The van der Waals surface area contributed by atoms with Gasteiger partial charge in [-0.2, -0.15) is 4.98 Å². The highest BCUT2D eigenvalue weighted by Gasteiger charge is 2.78. The third-order valence-electron chi connectivity index (χ3n) is 7.66. The number of carbonyl (C=O) groups is 1. The largest absolute Gasteiger partial charge is 0.396 e.